The van der Waals surface area contributed by atoms with Crippen LogP contribution in [0, 0.1) is 5.92 Å². The Morgan fingerprint density at radius 1 is 0.893 bits per heavy atom. The SMILES string of the molecule is CCCCCCC(C(=O)O)C(=O)O.NCCCCC(OP(=O)(O)O)P(=O)(O)O. The van der Waals surface area contributed by atoms with Gasteiger partial charge >= 0.3 is 27.4 Å². The largest absolute Gasteiger partial charge is 0.481 e. The van der Waals surface area contributed by atoms with E-state index in [1.807, 2.05) is 6.92 Å². The number of carboxylic acid groups (broad SMARTS) is 2. The second-order valence-corrected chi connectivity index (χ2v) is 8.95. The molecule has 0 heterocycles. The Morgan fingerprint density at radius 2 is 1.39 bits per heavy atom. The Hall–Kier alpha value is -0.840. The van der Waals surface area contributed by atoms with Crippen molar-refractivity contribution >= 4 is 27.4 Å². The maximum absolute atomic E-state index is 10.8. The molecule has 28 heavy (non-hydrogen) atoms. The molecule has 0 aliphatic heterocycles. The topological polar surface area (TPSA) is 225 Å². The fraction of sp³-hybridized carbons (Fsp3) is 0.857. The number of aliphatic carboxylic acids is 2. The molecule has 168 valence electrons. The number of hydrogen-bond donors (Lipinski definition) is 7. The van der Waals surface area contributed by atoms with Crippen molar-refractivity contribution in [3.8, 4) is 0 Å². The lowest BCUT2D eigenvalue weighted by molar-refractivity contribution is -0.154. The molecule has 0 aromatic carbocycles. The highest BCUT2D eigenvalue weighted by atomic mass is 31.2. The van der Waals surface area contributed by atoms with Crippen molar-refractivity contribution in [3.63, 3.8) is 0 Å². The smallest absolute Gasteiger partial charge is 0.470 e. The minimum absolute atomic E-state index is 0.146. The van der Waals surface area contributed by atoms with Crippen LogP contribution >= 0.6 is 15.4 Å². The molecule has 0 aromatic heterocycles. The molecule has 0 rings (SSSR count). The van der Waals surface area contributed by atoms with Crippen LogP contribution < -0.4 is 5.73 Å². The molecule has 0 amide bonds. The van der Waals surface area contributed by atoms with E-state index in [0.717, 1.165) is 19.3 Å². The van der Waals surface area contributed by atoms with E-state index in [9.17, 15) is 18.7 Å². The van der Waals surface area contributed by atoms with Crippen LogP contribution in [0.2, 0.25) is 0 Å². The molecule has 0 radical (unpaired) electrons. The van der Waals surface area contributed by atoms with Crippen molar-refractivity contribution in [1.29, 1.82) is 0 Å². The number of nitrogens with two attached hydrogens (primary N) is 1. The van der Waals surface area contributed by atoms with E-state index in [4.69, 9.17) is 35.5 Å². The highest BCUT2D eigenvalue weighted by Gasteiger charge is 2.35. The zero-order valence-electron chi connectivity index (χ0n) is 15.7. The highest BCUT2D eigenvalue weighted by molar-refractivity contribution is 7.53. The first-order chi connectivity index (χ1) is 12.8. The number of hydrogen-bond acceptors (Lipinski definition) is 6. The molecule has 0 saturated heterocycles. The zero-order valence-corrected chi connectivity index (χ0v) is 17.5. The molecule has 0 spiro atoms. The van der Waals surface area contributed by atoms with Crippen LogP contribution in [0.15, 0.2) is 0 Å². The number of carboxylic acids is 2. The maximum Gasteiger partial charge on any atom is 0.470 e. The first kappa shape index (κ1) is 29.4. The van der Waals surface area contributed by atoms with E-state index in [1.54, 1.807) is 0 Å². The summed E-state index contributed by atoms with van der Waals surface area (Å²) in [7, 11) is -9.56. The standard InChI is InChI=1S/C9H16O4.C5H15NO7P2/c1-2-3-4-5-6-7(8(10)11)9(12)13;6-4-2-1-3-5(14(7,8)9)13-15(10,11)12/h7H,2-6H2,1H3,(H,10,11)(H,12,13);5H,1-4,6H2,(H2,7,8,9)(H2,10,11,12). The molecule has 0 fully saturated rings. The molecule has 8 N–H and O–H groups in total. The Bertz CT molecular complexity index is 531. The molecule has 14 heteroatoms. The molecular formula is C14H31NO11P2. The minimum Gasteiger partial charge on any atom is -0.481 e. The molecular weight excluding hydrogens is 420 g/mol. The molecule has 0 aliphatic rings. The quantitative estimate of drug-likeness (QED) is 0.113. The summed E-state index contributed by atoms with van der Waals surface area (Å²) < 4.78 is 25.2. The third kappa shape index (κ3) is 17.3. The number of phosphoric acid groups is 1. The van der Waals surface area contributed by atoms with Gasteiger partial charge in [-0.2, -0.15) is 0 Å². The average molecular weight is 451 g/mol. The van der Waals surface area contributed by atoms with Crippen molar-refractivity contribution in [2.75, 3.05) is 6.54 Å². The Kier molecular flexibility index (Phi) is 15.8. The monoisotopic (exact) mass is 451 g/mol. The second-order valence-electron chi connectivity index (χ2n) is 6.00. The third-order valence-corrected chi connectivity index (χ3v) is 5.29. The summed E-state index contributed by atoms with van der Waals surface area (Å²) >= 11 is 0. The summed E-state index contributed by atoms with van der Waals surface area (Å²) in [5.74, 6) is -5.46. The van der Waals surface area contributed by atoms with Gasteiger partial charge in [-0.1, -0.05) is 32.6 Å². The van der Waals surface area contributed by atoms with Crippen LogP contribution in [0.25, 0.3) is 0 Å². The van der Waals surface area contributed by atoms with Crippen LogP contribution in [-0.4, -0.2) is 54.1 Å². The third-order valence-electron chi connectivity index (χ3n) is 3.48. The van der Waals surface area contributed by atoms with E-state index in [1.165, 1.54) is 0 Å². The van der Waals surface area contributed by atoms with Crippen LogP contribution in [-0.2, 0) is 23.2 Å². The van der Waals surface area contributed by atoms with Crippen molar-refractivity contribution in [2.24, 2.45) is 11.7 Å². The number of rotatable bonds is 14. The normalized spacial score (nSPS) is 13.0. The van der Waals surface area contributed by atoms with Crippen LogP contribution in [0.4, 0.5) is 0 Å². The lowest BCUT2D eigenvalue weighted by Crippen LogP contribution is -2.23. The van der Waals surface area contributed by atoms with Crippen molar-refractivity contribution in [3.05, 3.63) is 0 Å². The highest BCUT2D eigenvalue weighted by Crippen LogP contribution is 2.51. The molecule has 12 nitrogen and oxygen atoms in total. The summed E-state index contributed by atoms with van der Waals surface area (Å²) in [6, 6.07) is 0. The van der Waals surface area contributed by atoms with Crippen molar-refractivity contribution < 1.29 is 53.0 Å². The van der Waals surface area contributed by atoms with Gasteiger partial charge in [0.15, 0.2) is 11.8 Å². The van der Waals surface area contributed by atoms with E-state index in [2.05, 4.69) is 4.52 Å². The molecule has 0 saturated carbocycles. The predicted octanol–water partition coefficient (Wildman–Crippen LogP) is 1.47. The van der Waals surface area contributed by atoms with Crippen molar-refractivity contribution in [1.82, 2.24) is 0 Å². The van der Waals surface area contributed by atoms with E-state index >= 15 is 0 Å². The lowest BCUT2D eigenvalue weighted by Gasteiger charge is -2.18. The fourth-order valence-electron chi connectivity index (χ4n) is 2.03. The van der Waals surface area contributed by atoms with Gasteiger partial charge in [0.25, 0.3) is 0 Å². The van der Waals surface area contributed by atoms with Crippen LogP contribution in [0.1, 0.15) is 58.3 Å². The van der Waals surface area contributed by atoms with E-state index in [0.29, 0.717) is 25.8 Å². The van der Waals surface area contributed by atoms with E-state index in [-0.39, 0.29) is 12.8 Å². The number of carbonyl (C=O) groups is 2. The van der Waals surface area contributed by atoms with Gasteiger partial charge in [-0.05, 0) is 32.2 Å². The Labute approximate surface area is 163 Å². The summed E-state index contributed by atoms with van der Waals surface area (Å²) in [6.07, 6.45) is 4.60. The van der Waals surface area contributed by atoms with Gasteiger partial charge in [0.1, 0.15) is 0 Å². The Morgan fingerprint density at radius 3 is 1.75 bits per heavy atom. The number of unbranched alkanes of at least 4 members (excludes halogenated alkanes) is 4. The molecule has 1 unspecified atom stereocenters. The molecule has 0 aliphatic carbocycles. The number of phosphoric ester groups is 1. The van der Waals surface area contributed by atoms with Gasteiger partial charge < -0.3 is 35.5 Å². The van der Waals surface area contributed by atoms with Gasteiger partial charge in [-0.15, -0.1) is 0 Å². The van der Waals surface area contributed by atoms with Crippen LogP contribution in [0.5, 0.6) is 0 Å². The second kappa shape index (κ2) is 15.1. The molecule has 0 aromatic rings. The first-order valence-corrected chi connectivity index (χ1v) is 11.9. The summed E-state index contributed by atoms with van der Waals surface area (Å²) in [5.41, 5.74) is 5.16. The predicted molar refractivity (Wildman–Crippen MR) is 99.4 cm³/mol. The molecule has 1 atom stereocenters. The van der Waals surface area contributed by atoms with Gasteiger partial charge in [0.2, 0.25) is 0 Å². The summed E-state index contributed by atoms with van der Waals surface area (Å²) in [5, 5.41) is 17.0. The zero-order chi connectivity index (χ0) is 22.4. The lowest BCUT2D eigenvalue weighted by atomic mass is 10.0. The molecule has 0 bridgehead atoms. The van der Waals surface area contributed by atoms with Crippen molar-refractivity contribution in [2.45, 2.75) is 64.1 Å². The summed E-state index contributed by atoms with van der Waals surface area (Å²) in [6.45, 7) is 2.38. The Balaban J connectivity index is 0. The fourth-order valence-corrected chi connectivity index (χ4v) is 3.83. The van der Waals surface area contributed by atoms with Gasteiger partial charge in [-0.25, -0.2) is 4.57 Å². The first-order valence-electron chi connectivity index (χ1n) is 8.71. The minimum atomic E-state index is -4.89. The maximum atomic E-state index is 10.8. The summed E-state index contributed by atoms with van der Waals surface area (Å²) in [4.78, 5) is 55.2. The van der Waals surface area contributed by atoms with Crippen LogP contribution in [0.3, 0.4) is 0 Å². The van der Waals surface area contributed by atoms with Gasteiger partial charge in [-0.3, -0.25) is 18.7 Å². The van der Waals surface area contributed by atoms with Gasteiger partial charge in [0.05, 0.1) is 0 Å². The van der Waals surface area contributed by atoms with E-state index < -0.39 is 39.1 Å². The van der Waals surface area contributed by atoms with Gasteiger partial charge in [0, 0.05) is 0 Å². The average Bonchev–Trinajstić information content (AvgIpc) is 2.52.